The minimum absolute atomic E-state index is 0.0534. The first-order valence-electron chi connectivity index (χ1n) is 12.4. The normalized spacial score (nSPS) is 21.9. The van der Waals surface area contributed by atoms with E-state index in [-0.39, 0.29) is 18.0 Å². The number of halogens is 4. The molecule has 3 atom stereocenters. The second kappa shape index (κ2) is 11.0. The van der Waals surface area contributed by atoms with E-state index in [1.807, 2.05) is 0 Å². The molecule has 2 amide bonds. The number of hydrogen-bond acceptors (Lipinski definition) is 5. The zero-order chi connectivity index (χ0) is 27.7. The Bertz CT molecular complexity index is 1150. The molecule has 1 unspecified atom stereocenters. The number of cyclic esters (lactones) is 1. The first-order chi connectivity index (χ1) is 17.8. The van der Waals surface area contributed by atoms with Gasteiger partial charge in [0.2, 0.25) is 0 Å². The van der Waals surface area contributed by atoms with Crippen LogP contribution in [0.5, 0.6) is 0 Å². The third kappa shape index (κ3) is 6.71. The molecule has 2 fully saturated rings. The molecule has 206 valence electrons. The van der Waals surface area contributed by atoms with Gasteiger partial charge >= 0.3 is 18.4 Å². The van der Waals surface area contributed by atoms with E-state index in [2.05, 4.69) is 5.32 Å². The summed E-state index contributed by atoms with van der Waals surface area (Å²) in [5, 5.41) is 3.70. The van der Waals surface area contributed by atoms with E-state index in [1.54, 1.807) is 45.0 Å². The van der Waals surface area contributed by atoms with Gasteiger partial charge in [0.1, 0.15) is 17.7 Å². The van der Waals surface area contributed by atoms with Crippen molar-refractivity contribution in [1.29, 1.82) is 0 Å². The Balaban J connectivity index is 1.71. The third-order valence-corrected chi connectivity index (χ3v) is 6.68. The Hall–Kier alpha value is -2.98. The van der Waals surface area contributed by atoms with Crippen molar-refractivity contribution in [3.05, 3.63) is 64.7 Å². The number of hydrogen-bond donors (Lipinski definition) is 1. The summed E-state index contributed by atoms with van der Waals surface area (Å²) in [5.74, 6) is 0.166. The lowest BCUT2D eigenvalue weighted by Gasteiger charge is -2.32. The summed E-state index contributed by atoms with van der Waals surface area (Å²) < 4.78 is 52.1. The number of nitrogens with zero attached hydrogens (tertiary/aromatic N) is 2. The van der Waals surface area contributed by atoms with E-state index in [4.69, 9.17) is 21.1 Å². The maximum Gasteiger partial charge on any atom is 0.416 e. The average Bonchev–Trinajstić information content (AvgIpc) is 3.45. The van der Waals surface area contributed by atoms with Crippen molar-refractivity contribution in [3.8, 4) is 0 Å². The van der Waals surface area contributed by atoms with E-state index in [0.29, 0.717) is 17.3 Å². The van der Waals surface area contributed by atoms with Crippen molar-refractivity contribution in [1.82, 2.24) is 10.2 Å². The molecule has 0 radical (unpaired) electrons. The highest BCUT2D eigenvalue weighted by molar-refractivity contribution is 6.30. The molecular weight excluding hydrogens is 523 g/mol. The van der Waals surface area contributed by atoms with Crippen molar-refractivity contribution in [2.75, 3.05) is 31.1 Å². The SMILES string of the molecule is CC(C)(C)OC(=O)N(CC1CCNC1)C[C@@H]1OC(=O)N(c2ccc(Cl)cc2)[C@H]1c1cccc(C(F)(F)F)c1. The van der Waals surface area contributed by atoms with Crippen LogP contribution in [0.3, 0.4) is 0 Å². The molecule has 2 aliphatic rings. The molecule has 2 heterocycles. The predicted octanol–water partition coefficient (Wildman–Crippen LogP) is 6.27. The molecule has 2 aromatic carbocycles. The molecule has 0 aliphatic carbocycles. The van der Waals surface area contributed by atoms with Gasteiger partial charge in [-0.1, -0.05) is 23.7 Å². The molecule has 2 aliphatic heterocycles. The summed E-state index contributed by atoms with van der Waals surface area (Å²) in [4.78, 5) is 29.2. The largest absolute Gasteiger partial charge is 0.444 e. The fourth-order valence-corrected chi connectivity index (χ4v) is 4.87. The van der Waals surface area contributed by atoms with Gasteiger partial charge in [0, 0.05) is 17.3 Å². The molecule has 11 heteroatoms. The highest BCUT2D eigenvalue weighted by Gasteiger charge is 2.46. The number of carbonyl (C=O) groups is 2. The van der Waals surface area contributed by atoms with Crippen molar-refractivity contribution in [2.45, 2.75) is 51.1 Å². The van der Waals surface area contributed by atoms with Gasteiger partial charge in [-0.05, 0) is 88.2 Å². The summed E-state index contributed by atoms with van der Waals surface area (Å²) in [5.41, 5.74) is -0.957. The van der Waals surface area contributed by atoms with Gasteiger partial charge in [0.25, 0.3) is 0 Å². The van der Waals surface area contributed by atoms with E-state index >= 15 is 0 Å². The maximum atomic E-state index is 13.6. The second-order valence-electron chi connectivity index (χ2n) is 10.6. The van der Waals surface area contributed by atoms with Crippen molar-refractivity contribution < 1.29 is 32.2 Å². The monoisotopic (exact) mass is 553 g/mol. The number of nitrogens with one attached hydrogen (secondary N) is 1. The van der Waals surface area contributed by atoms with Gasteiger partial charge in [-0.15, -0.1) is 0 Å². The van der Waals surface area contributed by atoms with Crippen LogP contribution in [-0.4, -0.2) is 55.0 Å². The number of rotatable bonds is 6. The van der Waals surface area contributed by atoms with E-state index in [9.17, 15) is 22.8 Å². The van der Waals surface area contributed by atoms with Crippen LogP contribution in [0, 0.1) is 5.92 Å². The van der Waals surface area contributed by atoms with E-state index < -0.39 is 41.7 Å². The van der Waals surface area contributed by atoms with Crippen LogP contribution in [-0.2, 0) is 15.7 Å². The minimum atomic E-state index is -4.57. The van der Waals surface area contributed by atoms with Crippen LogP contribution in [0.25, 0.3) is 0 Å². The number of amides is 2. The lowest BCUT2D eigenvalue weighted by molar-refractivity contribution is -0.137. The number of carbonyl (C=O) groups excluding carboxylic acids is 2. The molecule has 1 N–H and O–H groups in total. The minimum Gasteiger partial charge on any atom is -0.444 e. The molecule has 2 aromatic rings. The van der Waals surface area contributed by atoms with Crippen LogP contribution in [0.4, 0.5) is 28.4 Å². The Morgan fingerprint density at radius 1 is 1.16 bits per heavy atom. The standard InChI is InChI=1S/C27H31ClF3N3O4/c1-26(2,3)38-24(35)33(15-17-11-12-32-14-17)16-22-23(18-5-4-6-19(13-18)27(29,30)31)34(25(36)37-22)21-9-7-20(28)8-10-21/h4-10,13,17,22-23,32H,11-12,14-16H2,1-3H3/t17?,22-,23-/m0/s1. The highest BCUT2D eigenvalue weighted by atomic mass is 35.5. The zero-order valence-electron chi connectivity index (χ0n) is 21.4. The van der Waals surface area contributed by atoms with Crippen LogP contribution >= 0.6 is 11.6 Å². The second-order valence-corrected chi connectivity index (χ2v) is 11.0. The summed E-state index contributed by atoms with van der Waals surface area (Å²) >= 11 is 6.02. The fraction of sp³-hybridized carbons (Fsp3) is 0.481. The van der Waals surface area contributed by atoms with Gasteiger partial charge in [-0.2, -0.15) is 13.2 Å². The molecule has 2 saturated heterocycles. The quantitative estimate of drug-likeness (QED) is 0.456. The summed E-state index contributed by atoms with van der Waals surface area (Å²) in [6.07, 6.45) is -5.97. The first kappa shape index (κ1) is 28.0. The number of alkyl halides is 3. The fourth-order valence-electron chi connectivity index (χ4n) is 4.75. The van der Waals surface area contributed by atoms with Gasteiger partial charge < -0.3 is 19.7 Å². The van der Waals surface area contributed by atoms with Gasteiger partial charge in [-0.3, -0.25) is 4.90 Å². The van der Waals surface area contributed by atoms with E-state index in [1.165, 1.54) is 21.9 Å². The maximum absolute atomic E-state index is 13.6. The molecular formula is C27H31ClF3N3O4. The molecule has 0 aromatic heterocycles. The molecule has 0 bridgehead atoms. The lowest BCUT2D eigenvalue weighted by atomic mass is 9.97. The molecule has 4 rings (SSSR count). The first-order valence-corrected chi connectivity index (χ1v) is 12.8. The van der Waals surface area contributed by atoms with Crippen LogP contribution in [0.1, 0.15) is 44.4 Å². The Kier molecular flexibility index (Phi) is 8.13. The predicted molar refractivity (Wildman–Crippen MR) is 137 cm³/mol. The van der Waals surface area contributed by atoms with Gasteiger partial charge in [-0.25, -0.2) is 9.59 Å². The molecule has 7 nitrogen and oxygen atoms in total. The third-order valence-electron chi connectivity index (χ3n) is 6.43. The van der Waals surface area contributed by atoms with Gasteiger partial charge in [0.15, 0.2) is 0 Å². The number of anilines is 1. The highest BCUT2D eigenvalue weighted by Crippen LogP contribution is 2.40. The van der Waals surface area contributed by atoms with Crippen molar-refractivity contribution in [2.24, 2.45) is 5.92 Å². The summed E-state index contributed by atoms with van der Waals surface area (Å²) in [6.45, 7) is 7.10. The summed E-state index contributed by atoms with van der Waals surface area (Å²) in [6, 6.07) is 10.2. The van der Waals surface area contributed by atoms with Crippen molar-refractivity contribution >= 4 is 29.5 Å². The van der Waals surface area contributed by atoms with Gasteiger partial charge in [0.05, 0.1) is 12.1 Å². The van der Waals surface area contributed by atoms with Crippen LogP contribution < -0.4 is 10.2 Å². The Morgan fingerprint density at radius 2 is 1.87 bits per heavy atom. The van der Waals surface area contributed by atoms with Crippen LogP contribution in [0.15, 0.2) is 48.5 Å². The lowest BCUT2D eigenvalue weighted by Crippen LogP contribution is -2.45. The number of ether oxygens (including phenoxy) is 2. The summed E-state index contributed by atoms with van der Waals surface area (Å²) in [7, 11) is 0. The van der Waals surface area contributed by atoms with Crippen molar-refractivity contribution in [3.63, 3.8) is 0 Å². The van der Waals surface area contributed by atoms with Crippen LogP contribution in [0.2, 0.25) is 5.02 Å². The zero-order valence-corrected chi connectivity index (χ0v) is 22.2. The average molecular weight is 554 g/mol. The van der Waals surface area contributed by atoms with E-state index in [0.717, 1.165) is 31.6 Å². The Morgan fingerprint density at radius 3 is 2.47 bits per heavy atom. The molecule has 0 spiro atoms. The topological polar surface area (TPSA) is 71.1 Å². The molecule has 0 saturated carbocycles. The smallest absolute Gasteiger partial charge is 0.416 e. The number of benzene rings is 2. The Labute approximate surface area is 224 Å². The molecule has 38 heavy (non-hydrogen) atoms.